The van der Waals surface area contributed by atoms with E-state index in [0.29, 0.717) is 26.5 Å². The van der Waals surface area contributed by atoms with Gasteiger partial charge < -0.3 is 4.42 Å². The molecule has 0 aliphatic carbocycles. The maximum absolute atomic E-state index is 12.9. The second-order valence-corrected chi connectivity index (χ2v) is 9.59. The molecule has 0 aliphatic heterocycles. The summed E-state index contributed by atoms with van der Waals surface area (Å²) in [5.74, 6) is 0.276. The number of nitrogens with zero attached hydrogens (tertiary/aromatic N) is 1. The van der Waals surface area contributed by atoms with Crippen LogP contribution in [0.25, 0.3) is 11.0 Å². The molecule has 4 rings (SSSR count). The Bertz CT molecular complexity index is 1350. The van der Waals surface area contributed by atoms with E-state index in [1.807, 2.05) is 0 Å². The number of anilines is 1. The Morgan fingerprint density at radius 2 is 1.77 bits per heavy atom. The smallest absolute Gasteiger partial charge is 0.295 e. The maximum Gasteiger partial charge on any atom is 0.295 e. The van der Waals surface area contributed by atoms with Gasteiger partial charge in [0, 0.05) is 38.8 Å². The van der Waals surface area contributed by atoms with Gasteiger partial charge in [0.1, 0.15) is 5.58 Å². The van der Waals surface area contributed by atoms with Gasteiger partial charge in [-0.2, -0.15) is 8.42 Å². The van der Waals surface area contributed by atoms with Crippen LogP contribution >= 0.6 is 23.4 Å². The van der Waals surface area contributed by atoms with Crippen molar-refractivity contribution in [1.82, 2.24) is 0 Å². The molecule has 0 radical (unpaired) electrons. The molecule has 0 spiro atoms. The van der Waals surface area contributed by atoms with Gasteiger partial charge >= 0.3 is 0 Å². The second kappa shape index (κ2) is 8.62. The molecule has 1 heterocycles. The maximum atomic E-state index is 12.9. The van der Waals surface area contributed by atoms with E-state index in [2.05, 4.69) is 4.72 Å². The number of furan rings is 1. The van der Waals surface area contributed by atoms with Crippen molar-refractivity contribution in [2.24, 2.45) is 0 Å². The number of rotatable bonds is 7. The molecule has 31 heavy (non-hydrogen) atoms. The van der Waals surface area contributed by atoms with Gasteiger partial charge in [-0.15, -0.1) is 11.8 Å². The monoisotopic (exact) mass is 474 g/mol. The van der Waals surface area contributed by atoms with Crippen molar-refractivity contribution in [1.29, 1.82) is 0 Å². The van der Waals surface area contributed by atoms with Crippen LogP contribution in [-0.4, -0.2) is 13.3 Å². The lowest BCUT2D eigenvalue weighted by Gasteiger charge is -2.12. The standard InChI is InChI=1S/C21H15ClN2O5S2/c22-16-9-10-20(30-13-15-6-1-3-7-18(15)24(25)26)17(12-16)23-31(27,28)21-11-14-5-2-4-8-19(14)29-21/h1-12,23H,13H2. The normalized spacial score (nSPS) is 11.5. The van der Waals surface area contributed by atoms with Crippen molar-refractivity contribution in [2.75, 3.05) is 4.72 Å². The molecule has 0 saturated heterocycles. The van der Waals surface area contributed by atoms with E-state index in [9.17, 15) is 18.5 Å². The summed E-state index contributed by atoms with van der Waals surface area (Å²) < 4.78 is 33.8. The molecule has 0 saturated carbocycles. The highest BCUT2D eigenvalue weighted by atomic mass is 35.5. The SMILES string of the molecule is O=[N+]([O-])c1ccccc1CSc1ccc(Cl)cc1NS(=O)(=O)c1cc2ccccc2o1. The second-order valence-electron chi connectivity index (χ2n) is 6.52. The van der Waals surface area contributed by atoms with Gasteiger partial charge in [-0.1, -0.05) is 48.0 Å². The average molecular weight is 475 g/mol. The van der Waals surface area contributed by atoms with Gasteiger partial charge in [0.25, 0.3) is 15.7 Å². The number of fused-ring (bicyclic) bond motifs is 1. The van der Waals surface area contributed by atoms with Gasteiger partial charge in [-0.05, 0) is 24.3 Å². The number of hydrogen-bond acceptors (Lipinski definition) is 6. The molecule has 0 aliphatic rings. The minimum Gasteiger partial charge on any atom is -0.443 e. The number of hydrogen-bond donors (Lipinski definition) is 1. The van der Waals surface area contributed by atoms with Crippen LogP contribution in [0.2, 0.25) is 5.02 Å². The van der Waals surface area contributed by atoms with E-state index < -0.39 is 14.9 Å². The first kappa shape index (κ1) is 21.2. The van der Waals surface area contributed by atoms with Crippen LogP contribution in [0.15, 0.2) is 87.2 Å². The summed E-state index contributed by atoms with van der Waals surface area (Å²) >= 11 is 7.34. The zero-order chi connectivity index (χ0) is 22.0. The lowest BCUT2D eigenvalue weighted by atomic mass is 10.2. The third-order valence-corrected chi connectivity index (χ3v) is 7.00. The Labute approximate surface area is 187 Å². The molecule has 0 fully saturated rings. The van der Waals surface area contributed by atoms with Crippen LogP contribution in [0.1, 0.15) is 5.56 Å². The summed E-state index contributed by atoms with van der Waals surface area (Å²) in [4.78, 5) is 11.4. The van der Waals surface area contributed by atoms with Gasteiger partial charge in [0.05, 0.1) is 10.6 Å². The van der Waals surface area contributed by atoms with E-state index >= 15 is 0 Å². The molecular weight excluding hydrogens is 460 g/mol. The Hall–Kier alpha value is -3.01. The van der Waals surface area contributed by atoms with Crippen molar-refractivity contribution < 1.29 is 17.8 Å². The van der Waals surface area contributed by atoms with Crippen LogP contribution in [0.4, 0.5) is 11.4 Å². The summed E-state index contributed by atoms with van der Waals surface area (Å²) in [7, 11) is -4.02. The first-order chi connectivity index (χ1) is 14.8. The number of sulfonamides is 1. The third-order valence-electron chi connectivity index (χ3n) is 4.43. The Morgan fingerprint density at radius 3 is 2.55 bits per heavy atom. The van der Waals surface area contributed by atoms with Gasteiger partial charge in [0.15, 0.2) is 0 Å². The summed E-state index contributed by atoms with van der Waals surface area (Å²) in [6.07, 6.45) is 0. The summed E-state index contributed by atoms with van der Waals surface area (Å²) in [6.45, 7) is 0. The summed E-state index contributed by atoms with van der Waals surface area (Å²) in [6, 6.07) is 19.6. The van der Waals surface area contributed by atoms with E-state index in [1.165, 1.54) is 30.0 Å². The minimum atomic E-state index is -4.02. The minimum absolute atomic E-state index is 0.00775. The number of nitro groups is 1. The molecule has 7 nitrogen and oxygen atoms in total. The number of nitro benzene ring substituents is 1. The van der Waals surface area contributed by atoms with Crippen molar-refractivity contribution in [3.63, 3.8) is 0 Å². The van der Waals surface area contributed by atoms with Gasteiger partial charge in [-0.3, -0.25) is 14.8 Å². The number of nitrogens with one attached hydrogen (secondary N) is 1. The van der Waals surface area contributed by atoms with Crippen molar-refractivity contribution >= 4 is 55.7 Å². The zero-order valence-electron chi connectivity index (χ0n) is 15.8. The molecule has 1 aromatic heterocycles. The number of halogens is 1. The molecule has 3 aromatic carbocycles. The van der Waals surface area contributed by atoms with E-state index in [4.69, 9.17) is 16.0 Å². The van der Waals surface area contributed by atoms with Crippen molar-refractivity contribution in [3.05, 3.63) is 93.5 Å². The molecule has 158 valence electrons. The Balaban J connectivity index is 1.62. The van der Waals surface area contributed by atoms with Crippen molar-refractivity contribution in [2.45, 2.75) is 15.7 Å². The van der Waals surface area contributed by atoms with E-state index in [0.717, 1.165) is 0 Å². The predicted molar refractivity (Wildman–Crippen MR) is 121 cm³/mol. The third kappa shape index (κ3) is 4.68. The highest BCUT2D eigenvalue weighted by Gasteiger charge is 2.22. The van der Waals surface area contributed by atoms with Gasteiger partial charge in [-0.25, -0.2) is 0 Å². The van der Waals surface area contributed by atoms with Crippen LogP contribution < -0.4 is 4.72 Å². The van der Waals surface area contributed by atoms with Gasteiger partial charge in [0.2, 0.25) is 5.09 Å². The molecule has 0 amide bonds. The quantitative estimate of drug-likeness (QED) is 0.197. The molecule has 1 N–H and O–H groups in total. The van der Waals surface area contributed by atoms with E-state index in [-0.39, 0.29) is 22.2 Å². The Morgan fingerprint density at radius 1 is 1.03 bits per heavy atom. The first-order valence-corrected chi connectivity index (χ1v) is 11.8. The molecule has 0 bridgehead atoms. The largest absolute Gasteiger partial charge is 0.443 e. The van der Waals surface area contributed by atoms with Crippen LogP contribution in [0, 0.1) is 10.1 Å². The lowest BCUT2D eigenvalue weighted by molar-refractivity contribution is -0.385. The molecule has 4 aromatic rings. The molecule has 0 unspecified atom stereocenters. The lowest BCUT2D eigenvalue weighted by Crippen LogP contribution is -2.12. The average Bonchev–Trinajstić information content (AvgIpc) is 3.18. The summed E-state index contributed by atoms with van der Waals surface area (Å²) in [5.41, 5.74) is 1.25. The van der Waals surface area contributed by atoms with Crippen LogP contribution in [0.5, 0.6) is 0 Å². The Kier molecular flexibility index (Phi) is 5.90. The topological polar surface area (TPSA) is 102 Å². The number of benzene rings is 3. The van der Waals surface area contributed by atoms with Crippen molar-refractivity contribution in [3.8, 4) is 0 Å². The number of para-hydroxylation sites is 2. The highest BCUT2D eigenvalue weighted by Crippen LogP contribution is 2.35. The van der Waals surface area contributed by atoms with Crippen LogP contribution in [0.3, 0.4) is 0 Å². The summed E-state index contributed by atoms with van der Waals surface area (Å²) in [5, 5.41) is 12.0. The molecular formula is C21H15ClN2O5S2. The fraction of sp³-hybridized carbons (Fsp3) is 0.0476. The predicted octanol–water partition coefficient (Wildman–Crippen LogP) is 6.09. The number of thioether (sulfide) groups is 1. The fourth-order valence-corrected chi connectivity index (χ4v) is 5.22. The van der Waals surface area contributed by atoms with Crippen LogP contribution in [-0.2, 0) is 15.8 Å². The fourth-order valence-electron chi connectivity index (χ4n) is 2.96. The zero-order valence-corrected chi connectivity index (χ0v) is 18.2. The molecule has 10 heteroatoms. The molecule has 0 atom stereocenters. The first-order valence-electron chi connectivity index (χ1n) is 8.99. The van der Waals surface area contributed by atoms with E-state index in [1.54, 1.807) is 54.6 Å². The highest BCUT2D eigenvalue weighted by molar-refractivity contribution is 7.98.